The molecule has 19 nitrogen and oxygen atoms in total. The number of alkyl carbamates (subject to hydrolysis) is 3. The van der Waals surface area contributed by atoms with Gasteiger partial charge in [0, 0.05) is 13.1 Å². The predicted octanol–water partition coefficient (Wildman–Crippen LogP) is -4.81. The summed E-state index contributed by atoms with van der Waals surface area (Å²) in [6, 6.07) is 0. The van der Waals surface area contributed by atoms with Gasteiger partial charge in [0.15, 0.2) is 32.7 Å². The number of rotatable bonds is 17. The first-order chi connectivity index (χ1) is 16.8. The second-order valence-corrected chi connectivity index (χ2v) is 5.95. The Morgan fingerprint density at radius 3 is 1.40 bits per heavy atom. The third-order valence-corrected chi connectivity index (χ3v) is 3.58. The van der Waals surface area contributed by atoms with Gasteiger partial charge in [-0.25, -0.2) is 14.4 Å². The highest BCUT2D eigenvalue weighted by atomic mass is 16.6. The molecule has 0 spiro atoms. The van der Waals surface area contributed by atoms with Crippen LogP contribution in [-0.4, -0.2) is 110 Å². The van der Waals surface area contributed by atoms with E-state index < -0.39 is 69.6 Å². The van der Waals surface area contributed by atoms with E-state index in [9.17, 15) is 24.0 Å². The highest BCUT2D eigenvalue weighted by molar-refractivity contribution is 5.88. The van der Waals surface area contributed by atoms with Crippen molar-refractivity contribution in [2.45, 2.75) is 25.2 Å². The molecule has 1 unspecified atom stereocenters. The summed E-state index contributed by atoms with van der Waals surface area (Å²) in [6.45, 7) is -3.63. The Morgan fingerprint density at radius 1 is 0.600 bits per heavy atom. The molecule has 0 aliphatic carbocycles. The summed E-state index contributed by atoms with van der Waals surface area (Å²) in [5, 5.41) is 47.7. The van der Waals surface area contributed by atoms with Gasteiger partial charge in [0.25, 0.3) is 11.8 Å². The van der Waals surface area contributed by atoms with Crippen LogP contribution in [0.2, 0.25) is 0 Å². The van der Waals surface area contributed by atoms with Crippen LogP contribution >= 0.6 is 0 Å². The smallest absolute Gasteiger partial charge is 0.411 e. The summed E-state index contributed by atoms with van der Waals surface area (Å²) in [5.41, 5.74) is 0. The Balaban J connectivity index is 4.50. The van der Waals surface area contributed by atoms with E-state index in [1.54, 1.807) is 0 Å². The summed E-state index contributed by atoms with van der Waals surface area (Å²) < 4.78 is 17.3. The molecule has 0 saturated heterocycles. The quantitative estimate of drug-likeness (QED) is 0.0495. The van der Waals surface area contributed by atoms with Gasteiger partial charge >= 0.3 is 18.3 Å². The molecule has 0 aromatic heterocycles. The van der Waals surface area contributed by atoms with Gasteiger partial charge in [0.2, 0.25) is 0 Å². The van der Waals surface area contributed by atoms with Crippen molar-refractivity contribution in [2.24, 2.45) is 0 Å². The number of hydrogen-bond acceptors (Lipinski definition) is 14. The van der Waals surface area contributed by atoms with Gasteiger partial charge in [0.05, 0.1) is 0 Å². The third-order valence-electron chi connectivity index (χ3n) is 3.58. The topological polar surface area (TPSA) is 275 Å². The van der Waals surface area contributed by atoms with E-state index in [0.29, 0.717) is 12.8 Å². The number of aliphatic hydroxyl groups excluding tert-OH is 4. The van der Waals surface area contributed by atoms with E-state index in [1.165, 1.54) is 0 Å². The second-order valence-electron chi connectivity index (χ2n) is 5.95. The van der Waals surface area contributed by atoms with Gasteiger partial charge in [-0.05, 0) is 12.8 Å². The molecule has 0 heterocycles. The van der Waals surface area contributed by atoms with Gasteiger partial charge in [-0.3, -0.25) is 30.9 Å². The van der Waals surface area contributed by atoms with E-state index in [-0.39, 0.29) is 19.8 Å². The van der Waals surface area contributed by atoms with Crippen molar-refractivity contribution in [2.75, 3.05) is 47.0 Å². The fraction of sp³-hybridized carbons (Fsp3) is 0.688. The van der Waals surface area contributed by atoms with Crippen LogP contribution < -0.4 is 31.9 Å². The van der Waals surface area contributed by atoms with E-state index in [1.807, 2.05) is 10.6 Å². The van der Waals surface area contributed by atoms with Crippen molar-refractivity contribution in [3.05, 3.63) is 0 Å². The largest absolute Gasteiger partial charge is 0.423 e. The molecule has 0 saturated carbocycles. The molecular formula is C16H30N6O13. The second kappa shape index (κ2) is 19.9. The van der Waals surface area contributed by atoms with E-state index in [0.717, 1.165) is 0 Å². The highest BCUT2D eigenvalue weighted by Crippen LogP contribution is 1.91. The van der Waals surface area contributed by atoms with E-state index in [4.69, 9.17) is 20.4 Å². The maximum absolute atomic E-state index is 12.2. The van der Waals surface area contributed by atoms with Crippen LogP contribution in [0.15, 0.2) is 0 Å². The number of carbonyl (C=O) groups excluding carboxylic acids is 5. The van der Waals surface area contributed by atoms with Crippen LogP contribution in [0.1, 0.15) is 12.8 Å². The molecule has 0 aromatic carbocycles. The van der Waals surface area contributed by atoms with Gasteiger partial charge in [0.1, 0.15) is 13.5 Å². The van der Waals surface area contributed by atoms with Crippen molar-refractivity contribution >= 4 is 30.1 Å². The highest BCUT2D eigenvalue weighted by Gasteiger charge is 2.24. The molecule has 0 rings (SSSR count). The lowest BCUT2D eigenvalue weighted by atomic mass is 10.3. The monoisotopic (exact) mass is 514 g/mol. The fourth-order valence-corrected chi connectivity index (χ4v) is 2.10. The first kappa shape index (κ1) is 31.5. The lowest BCUT2D eigenvalue weighted by Gasteiger charge is -2.19. The summed E-state index contributed by atoms with van der Waals surface area (Å²) in [5.74, 6) is -1.57. The zero-order valence-electron chi connectivity index (χ0n) is 18.5. The van der Waals surface area contributed by atoms with Crippen molar-refractivity contribution in [1.82, 2.24) is 31.9 Å². The summed E-state index contributed by atoms with van der Waals surface area (Å²) in [6.07, 6.45) is -5.81. The van der Waals surface area contributed by atoms with Crippen LogP contribution in [-0.2, 0) is 28.5 Å². The molecule has 0 bridgehead atoms. The number of ether oxygens (including phenoxy) is 4. The molecule has 0 aliphatic rings. The third kappa shape index (κ3) is 15.9. The number of amides is 5. The van der Waals surface area contributed by atoms with Crippen molar-refractivity contribution in [3.63, 3.8) is 0 Å². The van der Waals surface area contributed by atoms with Crippen LogP contribution in [0.25, 0.3) is 0 Å². The molecule has 1 atom stereocenters. The first-order valence-electron chi connectivity index (χ1n) is 9.88. The Labute approximate surface area is 198 Å². The Morgan fingerprint density at radius 2 is 1.00 bits per heavy atom. The van der Waals surface area contributed by atoms with Gasteiger partial charge in [-0.15, -0.1) is 0 Å². The molecule has 19 heteroatoms. The standard InChI is InChI=1S/C16H30N6O13/c23-6-32-5-19-10(20-14(29)33-7-24)12(27)17-3-1-2-4-18-13(28)11(21-15(30)34-8-25)22-16(31)35-9-26/h10-11,19,23-26H,1-9H2,(H,17,27)(H,18,28)(H,20,29)(H,21,30)(H,22,31). The SMILES string of the molecule is O=C(NC(NCOCO)C(=O)NCCCCNC(=O)C(NC(=O)OCO)NC(=O)OCO)OCO. The molecule has 10 N–H and O–H groups in total. The predicted molar refractivity (Wildman–Crippen MR) is 109 cm³/mol. The van der Waals surface area contributed by atoms with Crippen molar-refractivity contribution in [3.8, 4) is 0 Å². The lowest BCUT2D eigenvalue weighted by Crippen LogP contribution is -2.57. The van der Waals surface area contributed by atoms with Gasteiger partial charge < -0.3 is 50.0 Å². The van der Waals surface area contributed by atoms with Crippen LogP contribution in [0.5, 0.6) is 0 Å². The van der Waals surface area contributed by atoms with Crippen LogP contribution in [0, 0.1) is 0 Å². The summed E-state index contributed by atoms with van der Waals surface area (Å²) in [7, 11) is 0. The van der Waals surface area contributed by atoms with Crippen LogP contribution in [0.3, 0.4) is 0 Å². The van der Waals surface area contributed by atoms with Crippen LogP contribution in [0.4, 0.5) is 14.4 Å². The minimum atomic E-state index is -1.65. The number of unbranched alkanes of at least 4 members (excludes halogenated alkanes) is 1. The minimum Gasteiger partial charge on any atom is -0.423 e. The molecule has 202 valence electrons. The minimum absolute atomic E-state index is 0.0474. The molecule has 0 aliphatic heterocycles. The molecule has 35 heavy (non-hydrogen) atoms. The first-order valence-corrected chi connectivity index (χ1v) is 9.88. The summed E-state index contributed by atoms with van der Waals surface area (Å²) >= 11 is 0. The molecule has 0 aromatic rings. The fourth-order valence-electron chi connectivity index (χ4n) is 2.10. The molecular weight excluding hydrogens is 484 g/mol. The molecule has 0 fully saturated rings. The zero-order chi connectivity index (χ0) is 26.5. The van der Waals surface area contributed by atoms with Crippen molar-refractivity contribution in [1.29, 1.82) is 0 Å². The molecule has 5 amide bonds. The number of aliphatic hydroxyl groups is 4. The molecule has 0 radical (unpaired) electrons. The average Bonchev–Trinajstić information content (AvgIpc) is 2.80. The zero-order valence-corrected chi connectivity index (χ0v) is 18.5. The maximum Gasteiger partial charge on any atom is 0.411 e. The van der Waals surface area contributed by atoms with E-state index >= 15 is 0 Å². The van der Waals surface area contributed by atoms with Crippen molar-refractivity contribution < 1.29 is 63.3 Å². The number of hydrogen-bond donors (Lipinski definition) is 10. The maximum atomic E-state index is 12.2. The van der Waals surface area contributed by atoms with Gasteiger partial charge in [-0.1, -0.05) is 0 Å². The average molecular weight is 514 g/mol. The Kier molecular flexibility index (Phi) is 17.9. The van der Waals surface area contributed by atoms with E-state index in [2.05, 4.69) is 40.2 Å². The number of carbonyl (C=O) groups is 5. The van der Waals surface area contributed by atoms with Gasteiger partial charge in [-0.2, -0.15) is 0 Å². The Bertz CT molecular complexity index is 648. The summed E-state index contributed by atoms with van der Waals surface area (Å²) in [4.78, 5) is 58.5. The normalized spacial score (nSPS) is 11.1. The lowest BCUT2D eigenvalue weighted by molar-refractivity contribution is -0.125. The Hall–Kier alpha value is -3.49. The number of nitrogens with one attached hydrogen (secondary N) is 6.